The van der Waals surface area contributed by atoms with Crippen LogP contribution in [0.4, 0.5) is 0 Å². The molecule has 1 rings (SSSR count). The van der Waals surface area contributed by atoms with Gasteiger partial charge >= 0.3 is 49.4 Å². The van der Waals surface area contributed by atoms with Crippen molar-refractivity contribution in [2.45, 2.75) is 27.7 Å². The van der Waals surface area contributed by atoms with Gasteiger partial charge in [-0.3, -0.25) is 0 Å². The summed E-state index contributed by atoms with van der Waals surface area (Å²) in [7, 11) is 0.628. The van der Waals surface area contributed by atoms with E-state index >= 15 is 0 Å². The fraction of sp³-hybridized carbons (Fsp3) is 0.400. The third-order valence-corrected chi connectivity index (χ3v) is 2.11. The molecule has 0 atom stereocenters. The standard InChI is InChI=1S/C10H14.2HI.V/c1-7-5-9(3)10(4)6-8(7)2;;;/h5-6H,1-4H3;2*1H;/q;;;+2/p-2. The summed E-state index contributed by atoms with van der Waals surface area (Å²) in [5.41, 5.74) is 5.57. The summed E-state index contributed by atoms with van der Waals surface area (Å²) < 4.78 is 0. The minimum atomic E-state index is 0.628. The monoisotopic (exact) mass is 439 g/mol. The fourth-order valence-corrected chi connectivity index (χ4v) is 1.10. The van der Waals surface area contributed by atoms with Gasteiger partial charge in [-0.1, -0.05) is 12.1 Å². The van der Waals surface area contributed by atoms with Crippen LogP contribution < -0.4 is 0 Å². The molecule has 0 aliphatic heterocycles. The van der Waals surface area contributed by atoms with Crippen LogP contribution in [0.1, 0.15) is 22.3 Å². The molecule has 1 aromatic rings. The average molecular weight is 439 g/mol. The molecule has 13 heavy (non-hydrogen) atoms. The molecule has 3 heteroatoms. The van der Waals surface area contributed by atoms with Gasteiger partial charge in [0.05, 0.1) is 0 Å². The molecular weight excluding hydrogens is 425 g/mol. The molecular formula is C10H14I2V. The third-order valence-electron chi connectivity index (χ3n) is 2.11. The van der Waals surface area contributed by atoms with E-state index in [1.165, 1.54) is 22.3 Å². The maximum absolute atomic E-state index is 2.37. The predicted molar refractivity (Wildman–Crippen MR) is 73.4 cm³/mol. The van der Waals surface area contributed by atoms with Crippen molar-refractivity contribution in [3.63, 3.8) is 0 Å². The third kappa shape index (κ3) is 5.65. The Labute approximate surface area is 110 Å². The van der Waals surface area contributed by atoms with Gasteiger partial charge in [0.25, 0.3) is 0 Å². The van der Waals surface area contributed by atoms with Gasteiger partial charge in [0.1, 0.15) is 0 Å². The van der Waals surface area contributed by atoms with Crippen LogP contribution >= 0.6 is 40.0 Å². The first-order chi connectivity index (χ1) is 6.02. The van der Waals surface area contributed by atoms with Crippen LogP contribution in [0, 0.1) is 27.7 Å². The molecule has 0 spiro atoms. The quantitative estimate of drug-likeness (QED) is 0.515. The van der Waals surface area contributed by atoms with E-state index in [1.54, 1.807) is 0 Å². The van der Waals surface area contributed by atoms with Gasteiger partial charge < -0.3 is 0 Å². The van der Waals surface area contributed by atoms with E-state index in [4.69, 9.17) is 0 Å². The number of rotatable bonds is 0. The Morgan fingerprint density at radius 3 is 1.08 bits per heavy atom. The van der Waals surface area contributed by atoms with Crippen LogP contribution in [0.5, 0.6) is 0 Å². The van der Waals surface area contributed by atoms with E-state index in [0.717, 1.165) is 0 Å². The molecule has 0 unspecified atom stereocenters. The molecule has 0 aliphatic rings. The van der Waals surface area contributed by atoms with Gasteiger partial charge in [0.2, 0.25) is 0 Å². The van der Waals surface area contributed by atoms with Crippen LogP contribution in [-0.2, 0) is 9.47 Å². The summed E-state index contributed by atoms with van der Waals surface area (Å²) in [6.07, 6.45) is 0. The van der Waals surface area contributed by atoms with Crippen molar-refractivity contribution < 1.29 is 9.47 Å². The Balaban J connectivity index is 0.000000424. The molecule has 0 amide bonds. The van der Waals surface area contributed by atoms with E-state index in [0.29, 0.717) is 9.47 Å². The molecule has 0 radical (unpaired) electrons. The van der Waals surface area contributed by atoms with Crippen LogP contribution in [0.15, 0.2) is 12.1 Å². The number of aryl methyl sites for hydroxylation is 4. The minimum absolute atomic E-state index is 0.628. The Morgan fingerprint density at radius 1 is 0.769 bits per heavy atom. The first kappa shape index (κ1) is 14.3. The van der Waals surface area contributed by atoms with Gasteiger partial charge in [-0.15, -0.1) is 0 Å². The van der Waals surface area contributed by atoms with E-state index in [2.05, 4.69) is 79.8 Å². The van der Waals surface area contributed by atoms with Crippen molar-refractivity contribution in [2.75, 3.05) is 0 Å². The van der Waals surface area contributed by atoms with Crippen molar-refractivity contribution in [1.82, 2.24) is 0 Å². The number of hydrogen-bond donors (Lipinski definition) is 0. The zero-order valence-electron chi connectivity index (χ0n) is 8.36. The molecule has 0 bridgehead atoms. The van der Waals surface area contributed by atoms with Gasteiger partial charge in [-0.25, -0.2) is 0 Å². The van der Waals surface area contributed by atoms with E-state index in [1.807, 2.05) is 0 Å². The van der Waals surface area contributed by atoms with Crippen molar-refractivity contribution in [2.24, 2.45) is 0 Å². The van der Waals surface area contributed by atoms with E-state index in [9.17, 15) is 0 Å². The van der Waals surface area contributed by atoms with Crippen LogP contribution in [-0.4, -0.2) is 0 Å². The summed E-state index contributed by atoms with van der Waals surface area (Å²) >= 11 is 4.74. The van der Waals surface area contributed by atoms with Crippen LogP contribution in [0.25, 0.3) is 0 Å². The van der Waals surface area contributed by atoms with Gasteiger partial charge in [0, 0.05) is 0 Å². The Bertz CT molecular complexity index is 222. The van der Waals surface area contributed by atoms with Crippen LogP contribution in [0.2, 0.25) is 0 Å². The summed E-state index contributed by atoms with van der Waals surface area (Å²) in [6.45, 7) is 8.62. The number of halogens is 2. The second kappa shape index (κ2) is 7.54. The SMILES string of the molecule is Cc1cc(C)c(C)cc1C.[I][V][I]. The first-order valence-corrected chi connectivity index (χ1v) is 13.0. The molecule has 0 saturated carbocycles. The first-order valence-electron chi connectivity index (χ1n) is 3.99. The second-order valence-electron chi connectivity index (χ2n) is 3.08. The molecule has 0 nitrogen and oxygen atoms in total. The Kier molecular flexibility index (Phi) is 8.28. The fourth-order valence-electron chi connectivity index (χ4n) is 1.10. The maximum atomic E-state index is 2.37. The molecule has 1 aromatic carbocycles. The summed E-state index contributed by atoms with van der Waals surface area (Å²) in [5, 5.41) is 0. The zero-order chi connectivity index (χ0) is 10.4. The van der Waals surface area contributed by atoms with Crippen molar-refractivity contribution in [1.29, 1.82) is 0 Å². The molecule has 0 aromatic heterocycles. The van der Waals surface area contributed by atoms with E-state index in [-0.39, 0.29) is 0 Å². The average Bonchev–Trinajstić information content (AvgIpc) is 2.03. The topological polar surface area (TPSA) is 0 Å². The number of hydrogen-bond acceptors (Lipinski definition) is 0. The second-order valence-corrected chi connectivity index (χ2v) is 14.9. The van der Waals surface area contributed by atoms with Crippen molar-refractivity contribution in [3.8, 4) is 0 Å². The molecule has 0 fully saturated rings. The molecule has 0 aliphatic carbocycles. The van der Waals surface area contributed by atoms with E-state index < -0.39 is 0 Å². The molecule has 0 heterocycles. The van der Waals surface area contributed by atoms with Gasteiger partial charge in [-0.2, -0.15) is 0 Å². The van der Waals surface area contributed by atoms with Gasteiger partial charge in [0.15, 0.2) is 0 Å². The Hall–Kier alpha value is 1.26. The van der Waals surface area contributed by atoms with Gasteiger partial charge in [-0.05, 0) is 49.9 Å². The molecule has 0 saturated heterocycles. The van der Waals surface area contributed by atoms with Crippen molar-refractivity contribution >= 4 is 40.0 Å². The molecule has 73 valence electrons. The summed E-state index contributed by atoms with van der Waals surface area (Å²) in [6, 6.07) is 4.48. The zero-order valence-corrected chi connectivity index (χ0v) is 14.1. The molecule has 0 N–H and O–H groups in total. The van der Waals surface area contributed by atoms with Crippen LogP contribution in [0.3, 0.4) is 0 Å². The predicted octanol–water partition coefficient (Wildman–Crippen LogP) is 4.69. The normalized spacial score (nSPS) is 8.77. The Morgan fingerprint density at radius 2 is 0.923 bits per heavy atom. The van der Waals surface area contributed by atoms with Crippen molar-refractivity contribution in [3.05, 3.63) is 34.4 Å². The number of benzene rings is 1. The summed E-state index contributed by atoms with van der Waals surface area (Å²) in [5.74, 6) is 0. The summed E-state index contributed by atoms with van der Waals surface area (Å²) in [4.78, 5) is 0.